The van der Waals surface area contributed by atoms with E-state index in [4.69, 9.17) is 4.74 Å². The van der Waals surface area contributed by atoms with Gasteiger partial charge in [-0.15, -0.1) is 0 Å². The minimum absolute atomic E-state index is 0.376. The van der Waals surface area contributed by atoms with Gasteiger partial charge >= 0.3 is 0 Å². The summed E-state index contributed by atoms with van der Waals surface area (Å²) in [5.41, 5.74) is 0.376. The molecule has 1 rings (SSSR count). The zero-order valence-electron chi connectivity index (χ0n) is 12.3. The number of nitrogens with one attached hydrogen (secondary N) is 1. The lowest BCUT2D eigenvalue weighted by atomic mass is 9.84. The summed E-state index contributed by atoms with van der Waals surface area (Å²) >= 11 is 0. The molecular weight excluding hydrogens is 212 g/mol. The van der Waals surface area contributed by atoms with Crippen LogP contribution < -0.4 is 5.32 Å². The van der Waals surface area contributed by atoms with E-state index in [2.05, 4.69) is 45.1 Å². The number of hydrogen-bond donors (Lipinski definition) is 1. The van der Waals surface area contributed by atoms with Crippen molar-refractivity contribution >= 4 is 0 Å². The van der Waals surface area contributed by atoms with Gasteiger partial charge in [-0.2, -0.15) is 0 Å². The Labute approximate surface area is 107 Å². The van der Waals surface area contributed by atoms with E-state index < -0.39 is 0 Å². The standard InChI is InChI=1S/C14H30N2O/c1-6-8-14(3,10-15-4)11-16(5)13-7-9-17-12(13)2/h12-13,15H,6-11H2,1-5H3. The molecule has 0 bridgehead atoms. The van der Waals surface area contributed by atoms with Crippen molar-refractivity contribution in [3.63, 3.8) is 0 Å². The predicted molar refractivity (Wildman–Crippen MR) is 73.4 cm³/mol. The van der Waals surface area contributed by atoms with E-state index in [1.165, 1.54) is 19.3 Å². The SMILES string of the molecule is CCCC(C)(CNC)CN(C)C1CCOC1C. The molecule has 0 radical (unpaired) electrons. The molecule has 1 N–H and O–H groups in total. The molecule has 3 heteroatoms. The van der Waals surface area contributed by atoms with Crippen molar-refractivity contribution in [2.45, 2.75) is 52.2 Å². The first kappa shape index (κ1) is 14.9. The van der Waals surface area contributed by atoms with Crippen LogP contribution in [0.1, 0.15) is 40.0 Å². The molecule has 0 aromatic carbocycles. The van der Waals surface area contributed by atoms with Crippen LogP contribution in [-0.4, -0.2) is 50.8 Å². The van der Waals surface area contributed by atoms with Crippen LogP contribution in [-0.2, 0) is 4.74 Å². The molecule has 0 aromatic rings. The molecule has 0 saturated carbocycles. The first-order valence-electron chi connectivity index (χ1n) is 6.99. The van der Waals surface area contributed by atoms with E-state index in [0.717, 1.165) is 19.7 Å². The molecule has 0 spiro atoms. The Hall–Kier alpha value is -0.120. The lowest BCUT2D eigenvalue weighted by Gasteiger charge is -2.37. The van der Waals surface area contributed by atoms with E-state index in [1.807, 2.05) is 0 Å². The Morgan fingerprint density at radius 3 is 2.65 bits per heavy atom. The highest BCUT2D eigenvalue weighted by Crippen LogP contribution is 2.27. The van der Waals surface area contributed by atoms with Crippen molar-refractivity contribution in [1.29, 1.82) is 0 Å². The summed E-state index contributed by atoms with van der Waals surface area (Å²) in [6.45, 7) is 10.0. The Kier molecular flexibility index (Phi) is 5.90. The highest BCUT2D eigenvalue weighted by atomic mass is 16.5. The van der Waals surface area contributed by atoms with Gasteiger partial charge in [0.15, 0.2) is 0 Å². The summed E-state index contributed by atoms with van der Waals surface area (Å²) in [5.74, 6) is 0. The van der Waals surface area contributed by atoms with E-state index in [9.17, 15) is 0 Å². The third-order valence-corrected chi connectivity index (χ3v) is 3.99. The second-order valence-corrected chi connectivity index (χ2v) is 5.94. The van der Waals surface area contributed by atoms with Crippen molar-refractivity contribution in [3.05, 3.63) is 0 Å². The first-order valence-corrected chi connectivity index (χ1v) is 6.99. The summed E-state index contributed by atoms with van der Waals surface area (Å²) in [6.07, 6.45) is 4.10. The maximum atomic E-state index is 5.66. The van der Waals surface area contributed by atoms with Crippen molar-refractivity contribution in [2.75, 3.05) is 33.8 Å². The molecule has 17 heavy (non-hydrogen) atoms. The average molecular weight is 242 g/mol. The van der Waals surface area contributed by atoms with Gasteiger partial charge in [0.05, 0.1) is 6.10 Å². The van der Waals surface area contributed by atoms with Crippen molar-refractivity contribution in [2.24, 2.45) is 5.41 Å². The predicted octanol–water partition coefficient (Wildman–Crippen LogP) is 2.12. The van der Waals surface area contributed by atoms with Gasteiger partial charge < -0.3 is 15.0 Å². The van der Waals surface area contributed by atoms with Crippen molar-refractivity contribution < 1.29 is 4.74 Å². The first-order chi connectivity index (χ1) is 8.02. The normalized spacial score (nSPS) is 28.6. The van der Waals surface area contributed by atoms with Crippen LogP contribution in [0.3, 0.4) is 0 Å². The molecule has 1 aliphatic heterocycles. The Morgan fingerprint density at radius 2 is 2.18 bits per heavy atom. The summed E-state index contributed by atoms with van der Waals surface area (Å²) in [7, 11) is 4.30. The Balaban J connectivity index is 2.53. The quantitative estimate of drug-likeness (QED) is 0.740. The minimum Gasteiger partial charge on any atom is -0.377 e. The molecule has 3 nitrogen and oxygen atoms in total. The Bertz CT molecular complexity index is 214. The largest absolute Gasteiger partial charge is 0.377 e. The summed E-state index contributed by atoms with van der Waals surface area (Å²) in [5, 5.41) is 3.34. The maximum absolute atomic E-state index is 5.66. The number of rotatable bonds is 7. The van der Waals surface area contributed by atoms with E-state index in [0.29, 0.717) is 17.6 Å². The fourth-order valence-corrected chi connectivity index (χ4v) is 3.27. The number of nitrogens with zero attached hydrogens (tertiary/aromatic N) is 1. The van der Waals surface area contributed by atoms with Crippen LogP contribution in [0.2, 0.25) is 0 Å². The number of hydrogen-bond acceptors (Lipinski definition) is 3. The molecule has 1 fully saturated rings. The van der Waals surface area contributed by atoms with Crippen LogP contribution in [0.15, 0.2) is 0 Å². The van der Waals surface area contributed by atoms with Crippen LogP contribution in [0, 0.1) is 5.41 Å². The van der Waals surface area contributed by atoms with Crippen molar-refractivity contribution in [1.82, 2.24) is 10.2 Å². The van der Waals surface area contributed by atoms with Gasteiger partial charge in [-0.05, 0) is 39.3 Å². The van der Waals surface area contributed by atoms with E-state index >= 15 is 0 Å². The molecule has 0 amide bonds. The molecule has 1 saturated heterocycles. The smallest absolute Gasteiger partial charge is 0.0702 e. The lowest BCUT2D eigenvalue weighted by Crippen LogP contribution is -2.46. The fraction of sp³-hybridized carbons (Fsp3) is 1.00. The van der Waals surface area contributed by atoms with Gasteiger partial charge in [0.25, 0.3) is 0 Å². The molecule has 0 aromatic heterocycles. The zero-order valence-corrected chi connectivity index (χ0v) is 12.3. The average Bonchev–Trinajstić information content (AvgIpc) is 2.64. The van der Waals surface area contributed by atoms with E-state index in [-0.39, 0.29) is 0 Å². The van der Waals surface area contributed by atoms with E-state index in [1.54, 1.807) is 0 Å². The second-order valence-electron chi connectivity index (χ2n) is 5.94. The molecule has 3 atom stereocenters. The van der Waals surface area contributed by atoms with Crippen LogP contribution in [0.25, 0.3) is 0 Å². The van der Waals surface area contributed by atoms with Gasteiger partial charge in [0, 0.05) is 25.7 Å². The molecule has 3 unspecified atom stereocenters. The van der Waals surface area contributed by atoms with Crippen molar-refractivity contribution in [3.8, 4) is 0 Å². The third-order valence-electron chi connectivity index (χ3n) is 3.99. The number of likely N-dealkylation sites (N-methyl/N-ethyl adjacent to an activating group) is 1. The highest BCUT2D eigenvalue weighted by molar-refractivity contribution is 4.86. The summed E-state index contributed by atoms with van der Waals surface area (Å²) in [6, 6.07) is 0.600. The third kappa shape index (κ3) is 4.23. The van der Waals surface area contributed by atoms with Gasteiger partial charge in [-0.3, -0.25) is 0 Å². The lowest BCUT2D eigenvalue weighted by molar-refractivity contribution is 0.0645. The topological polar surface area (TPSA) is 24.5 Å². The monoisotopic (exact) mass is 242 g/mol. The summed E-state index contributed by atoms with van der Waals surface area (Å²) in [4.78, 5) is 2.50. The van der Waals surface area contributed by atoms with Crippen LogP contribution >= 0.6 is 0 Å². The molecule has 1 aliphatic rings. The van der Waals surface area contributed by atoms with Gasteiger partial charge in [0.2, 0.25) is 0 Å². The minimum atomic E-state index is 0.376. The zero-order chi connectivity index (χ0) is 12.9. The molecule has 1 heterocycles. The summed E-state index contributed by atoms with van der Waals surface area (Å²) < 4.78 is 5.66. The Morgan fingerprint density at radius 1 is 1.47 bits per heavy atom. The number of ether oxygens (including phenoxy) is 1. The van der Waals surface area contributed by atoms with Gasteiger partial charge in [0.1, 0.15) is 0 Å². The highest BCUT2D eigenvalue weighted by Gasteiger charge is 2.32. The maximum Gasteiger partial charge on any atom is 0.0702 e. The second kappa shape index (κ2) is 6.72. The van der Waals surface area contributed by atoms with Crippen LogP contribution in [0.5, 0.6) is 0 Å². The molecular formula is C14H30N2O. The molecule has 102 valence electrons. The van der Waals surface area contributed by atoms with Gasteiger partial charge in [-0.1, -0.05) is 20.3 Å². The molecule has 0 aliphatic carbocycles. The van der Waals surface area contributed by atoms with Crippen LogP contribution in [0.4, 0.5) is 0 Å². The van der Waals surface area contributed by atoms with Gasteiger partial charge in [-0.25, -0.2) is 0 Å². The fourth-order valence-electron chi connectivity index (χ4n) is 3.27.